The standard InChI is InChI=1S/C15H17FN4O3/c1-8(2)12(15(22)23)18-14(21)13-17-9(3)20(19-13)11-6-4-10(16)5-7-11/h4-8,12H,1-3H3,(H,18,21)(H,22,23)/t12-/m1/s1. The number of halogens is 1. The predicted molar refractivity (Wildman–Crippen MR) is 79.8 cm³/mol. The fourth-order valence-electron chi connectivity index (χ4n) is 2.03. The molecule has 0 bridgehead atoms. The number of aryl methyl sites for hydroxylation is 1. The lowest BCUT2D eigenvalue weighted by atomic mass is 10.1. The van der Waals surface area contributed by atoms with Crippen molar-refractivity contribution >= 4 is 11.9 Å². The van der Waals surface area contributed by atoms with Gasteiger partial charge >= 0.3 is 5.97 Å². The van der Waals surface area contributed by atoms with Crippen molar-refractivity contribution in [3.63, 3.8) is 0 Å². The molecule has 0 saturated heterocycles. The second-order valence-corrected chi connectivity index (χ2v) is 5.40. The Labute approximate surface area is 132 Å². The van der Waals surface area contributed by atoms with E-state index < -0.39 is 17.9 Å². The summed E-state index contributed by atoms with van der Waals surface area (Å²) in [6.45, 7) is 5.02. The van der Waals surface area contributed by atoms with Crippen LogP contribution >= 0.6 is 0 Å². The van der Waals surface area contributed by atoms with Gasteiger partial charge in [-0.2, -0.15) is 0 Å². The summed E-state index contributed by atoms with van der Waals surface area (Å²) in [4.78, 5) is 27.3. The highest BCUT2D eigenvalue weighted by Gasteiger charge is 2.26. The van der Waals surface area contributed by atoms with Gasteiger partial charge in [0, 0.05) is 0 Å². The molecule has 0 unspecified atom stereocenters. The number of aliphatic carboxylic acids is 1. The number of hydrogen-bond acceptors (Lipinski definition) is 4. The number of carboxylic acid groups (broad SMARTS) is 1. The SMILES string of the molecule is Cc1nc(C(=O)N[C@@H](C(=O)O)C(C)C)nn1-c1ccc(F)cc1. The summed E-state index contributed by atoms with van der Waals surface area (Å²) in [6, 6.07) is 4.53. The Morgan fingerprint density at radius 3 is 2.39 bits per heavy atom. The summed E-state index contributed by atoms with van der Waals surface area (Å²) in [7, 11) is 0. The molecule has 23 heavy (non-hydrogen) atoms. The number of carboxylic acids is 1. The Hall–Kier alpha value is -2.77. The van der Waals surface area contributed by atoms with Gasteiger partial charge in [0.25, 0.3) is 5.91 Å². The fraction of sp³-hybridized carbons (Fsp3) is 0.333. The monoisotopic (exact) mass is 320 g/mol. The first-order valence-electron chi connectivity index (χ1n) is 7.03. The van der Waals surface area contributed by atoms with E-state index in [-0.39, 0.29) is 17.6 Å². The van der Waals surface area contributed by atoms with Crippen LogP contribution in [0.25, 0.3) is 5.69 Å². The third kappa shape index (κ3) is 3.71. The second-order valence-electron chi connectivity index (χ2n) is 5.40. The van der Waals surface area contributed by atoms with E-state index in [0.29, 0.717) is 11.5 Å². The molecule has 8 heteroatoms. The first-order valence-corrected chi connectivity index (χ1v) is 7.03. The van der Waals surface area contributed by atoms with E-state index in [1.165, 1.54) is 28.9 Å². The Kier molecular flexibility index (Phi) is 4.73. The zero-order chi connectivity index (χ0) is 17.1. The van der Waals surface area contributed by atoms with Crippen molar-refractivity contribution in [3.8, 4) is 5.69 Å². The van der Waals surface area contributed by atoms with E-state index in [0.717, 1.165) is 0 Å². The Morgan fingerprint density at radius 1 is 1.26 bits per heavy atom. The number of nitrogens with one attached hydrogen (secondary N) is 1. The number of aromatic nitrogens is 3. The molecule has 0 aliphatic rings. The summed E-state index contributed by atoms with van der Waals surface area (Å²) in [6.07, 6.45) is 0. The van der Waals surface area contributed by atoms with Gasteiger partial charge in [0.15, 0.2) is 0 Å². The van der Waals surface area contributed by atoms with Gasteiger partial charge in [0.05, 0.1) is 5.69 Å². The summed E-state index contributed by atoms with van der Waals surface area (Å²) in [5, 5.41) is 15.6. The summed E-state index contributed by atoms with van der Waals surface area (Å²) >= 11 is 0. The molecular weight excluding hydrogens is 303 g/mol. The minimum Gasteiger partial charge on any atom is -0.480 e. The van der Waals surface area contributed by atoms with Crippen molar-refractivity contribution in [1.29, 1.82) is 0 Å². The first kappa shape index (κ1) is 16.6. The highest BCUT2D eigenvalue weighted by molar-refractivity contribution is 5.93. The topological polar surface area (TPSA) is 97.1 Å². The van der Waals surface area contributed by atoms with Crippen molar-refractivity contribution in [1.82, 2.24) is 20.1 Å². The van der Waals surface area contributed by atoms with Crippen molar-refractivity contribution in [2.45, 2.75) is 26.8 Å². The minimum atomic E-state index is -1.12. The molecule has 1 heterocycles. The highest BCUT2D eigenvalue weighted by Crippen LogP contribution is 2.11. The number of hydrogen-bond donors (Lipinski definition) is 2. The van der Waals surface area contributed by atoms with Crippen molar-refractivity contribution in [2.75, 3.05) is 0 Å². The first-order chi connectivity index (χ1) is 10.8. The van der Waals surface area contributed by atoms with Crippen LogP contribution < -0.4 is 5.32 Å². The molecule has 0 radical (unpaired) electrons. The maximum absolute atomic E-state index is 13.0. The van der Waals surface area contributed by atoms with Gasteiger partial charge in [0.1, 0.15) is 17.7 Å². The van der Waals surface area contributed by atoms with Crippen LogP contribution in [0.4, 0.5) is 4.39 Å². The average Bonchev–Trinajstić information content (AvgIpc) is 2.86. The molecule has 2 N–H and O–H groups in total. The van der Waals surface area contributed by atoms with Crippen molar-refractivity contribution in [2.24, 2.45) is 5.92 Å². The summed E-state index contributed by atoms with van der Waals surface area (Å²) in [5.41, 5.74) is 0.550. The molecule has 0 fully saturated rings. The molecule has 0 spiro atoms. The lowest BCUT2D eigenvalue weighted by Crippen LogP contribution is -2.44. The van der Waals surface area contributed by atoms with Crippen LogP contribution in [0.3, 0.4) is 0 Å². The zero-order valence-electron chi connectivity index (χ0n) is 12.9. The molecule has 7 nitrogen and oxygen atoms in total. The lowest BCUT2D eigenvalue weighted by molar-refractivity contribution is -0.140. The van der Waals surface area contributed by atoms with Crippen molar-refractivity contribution < 1.29 is 19.1 Å². The van der Waals surface area contributed by atoms with Crippen LogP contribution in [0.15, 0.2) is 24.3 Å². The van der Waals surface area contributed by atoms with Gasteiger partial charge in [0.2, 0.25) is 5.82 Å². The number of carbonyl (C=O) groups is 2. The quantitative estimate of drug-likeness (QED) is 0.871. The normalized spacial score (nSPS) is 12.2. The third-order valence-electron chi connectivity index (χ3n) is 3.26. The molecule has 2 rings (SSSR count). The van der Waals surface area contributed by atoms with E-state index in [1.807, 2.05) is 0 Å². The second kappa shape index (κ2) is 6.55. The number of benzene rings is 1. The van der Waals surface area contributed by atoms with Gasteiger partial charge < -0.3 is 10.4 Å². The molecule has 1 aromatic carbocycles. The molecule has 0 aliphatic carbocycles. The van der Waals surface area contributed by atoms with E-state index >= 15 is 0 Å². The maximum Gasteiger partial charge on any atom is 0.326 e. The highest BCUT2D eigenvalue weighted by atomic mass is 19.1. The van der Waals surface area contributed by atoms with E-state index in [4.69, 9.17) is 5.11 Å². The molecule has 1 amide bonds. The summed E-state index contributed by atoms with van der Waals surface area (Å²) in [5.74, 6) is -2.17. The number of rotatable bonds is 5. The van der Waals surface area contributed by atoms with Crippen LogP contribution in [0.2, 0.25) is 0 Å². The largest absolute Gasteiger partial charge is 0.480 e. The number of nitrogens with zero attached hydrogens (tertiary/aromatic N) is 3. The van der Waals surface area contributed by atoms with Crippen LogP contribution in [-0.2, 0) is 4.79 Å². The Morgan fingerprint density at radius 2 is 1.87 bits per heavy atom. The smallest absolute Gasteiger partial charge is 0.326 e. The average molecular weight is 320 g/mol. The van der Waals surface area contributed by atoms with E-state index in [1.54, 1.807) is 20.8 Å². The van der Waals surface area contributed by atoms with Gasteiger partial charge in [-0.25, -0.2) is 18.9 Å². The zero-order valence-corrected chi connectivity index (χ0v) is 12.9. The molecule has 1 aromatic heterocycles. The lowest BCUT2D eigenvalue weighted by Gasteiger charge is -2.16. The Balaban J connectivity index is 2.24. The van der Waals surface area contributed by atoms with Gasteiger partial charge in [-0.1, -0.05) is 13.8 Å². The minimum absolute atomic E-state index is 0.140. The molecule has 1 atom stereocenters. The summed E-state index contributed by atoms with van der Waals surface area (Å²) < 4.78 is 14.4. The Bertz CT molecular complexity index is 725. The van der Waals surface area contributed by atoms with Crippen LogP contribution in [0.1, 0.15) is 30.3 Å². The van der Waals surface area contributed by atoms with Crippen LogP contribution in [0, 0.1) is 18.7 Å². The molecular formula is C15H17FN4O3. The number of carbonyl (C=O) groups excluding carboxylic acids is 1. The van der Waals surface area contributed by atoms with Crippen LogP contribution in [-0.4, -0.2) is 37.8 Å². The van der Waals surface area contributed by atoms with Gasteiger partial charge in [-0.3, -0.25) is 4.79 Å². The van der Waals surface area contributed by atoms with Crippen molar-refractivity contribution in [3.05, 3.63) is 41.7 Å². The predicted octanol–water partition coefficient (Wildman–Crippen LogP) is 1.55. The molecule has 2 aromatic rings. The fourth-order valence-corrected chi connectivity index (χ4v) is 2.03. The molecule has 122 valence electrons. The third-order valence-corrected chi connectivity index (χ3v) is 3.26. The van der Waals surface area contributed by atoms with E-state index in [9.17, 15) is 14.0 Å². The molecule has 0 saturated carbocycles. The van der Waals surface area contributed by atoms with Gasteiger partial charge in [-0.05, 0) is 37.1 Å². The maximum atomic E-state index is 13.0. The van der Waals surface area contributed by atoms with E-state index in [2.05, 4.69) is 15.4 Å². The van der Waals surface area contributed by atoms with Gasteiger partial charge in [-0.15, -0.1) is 5.10 Å². The molecule has 0 aliphatic heterocycles. The van der Waals surface area contributed by atoms with Crippen LogP contribution in [0.5, 0.6) is 0 Å². The number of amides is 1.